The molecule has 5 heteroatoms. The predicted molar refractivity (Wildman–Crippen MR) is 93.7 cm³/mol. The maximum Gasteiger partial charge on any atom is 0.514 e. The summed E-state index contributed by atoms with van der Waals surface area (Å²) in [6, 6.07) is 15.8. The fourth-order valence-corrected chi connectivity index (χ4v) is 2.28. The highest BCUT2D eigenvalue weighted by Gasteiger charge is 2.18. The molecule has 132 valence electrons. The van der Waals surface area contributed by atoms with Crippen LogP contribution < -0.4 is 4.74 Å². The lowest BCUT2D eigenvalue weighted by atomic mass is 10.1. The zero-order chi connectivity index (χ0) is 18.2. The summed E-state index contributed by atoms with van der Waals surface area (Å²) in [5.74, 6) is 0.0186. The first-order valence-electron chi connectivity index (χ1n) is 8.15. The van der Waals surface area contributed by atoms with Gasteiger partial charge in [-0.3, -0.25) is 0 Å². The van der Waals surface area contributed by atoms with Crippen LogP contribution >= 0.6 is 0 Å². The molecule has 0 radical (unpaired) electrons. The van der Waals surface area contributed by atoms with Gasteiger partial charge >= 0.3 is 12.1 Å². The van der Waals surface area contributed by atoms with Crippen molar-refractivity contribution in [2.24, 2.45) is 0 Å². The van der Waals surface area contributed by atoms with Crippen molar-refractivity contribution in [2.75, 3.05) is 0 Å². The van der Waals surface area contributed by atoms with Crippen molar-refractivity contribution in [3.63, 3.8) is 0 Å². The zero-order valence-electron chi connectivity index (χ0n) is 14.6. The molecule has 0 saturated carbocycles. The van der Waals surface area contributed by atoms with E-state index in [2.05, 4.69) is 0 Å². The van der Waals surface area contributed by atoms with Crippen molar-refractivity contribution in [3.05, 3.63) is 65.7 Å². The van der Waals surface area contributed by atoms with Gasteiger partial charge < -0.3 is 14.2 Å². The molecule has 2 aromatic carbocycles. The Morgan fingerprint density at radius 1 is 0.880 bits per heavy atom. The highest BCUT2D eigenvalue weighted by molar-refractivity contribution is 5.89. The summed E-state index contributed by atoms with van der Waals surface area (Å²) in [4.78, 5) is 23.8. The molecule has 5 nitrogen and oxygen atoms in total. The molecule has 2 atom stereocenters. The van der Waals surface area contributed by atoms with Gasteiger partial charge in [-0.1, -0.05) is 35.9 Å². The minimum absolute atomic E-state index is 0.376. The Balaban J connectivity index is 1.77. The van der Waals surface area contributed by atoms with Crippen LogP contribution in [0, 0.1) is 6.92 Å². The van der Waals surface area contributed by atoms with Crippen LogP contribution in [0.5, 0.6) is 5.75 Å². The molecule has 0 amide bonds. The Kier molecular flexibility index (Phi) is 6.57. The SMILES string of the molecule is Cc1ccc(C(=O)OC(C)CC(C)OC(=O)Oc2ccccc2)cc1. The van der Waals surface area contributed by atoms with Crippen molar-refractivity contribution in [3.8, 4) is 5.75 Å². The number of hydrogen-bond donors (Lipinski definition) is 0. The maximum atomic E-state index is 12.1. The van der Waals surface area contributed by atoms with Gasteiger partial charge in [0, 0.05) is 6.42 Å². The smallest absolute Gasteiger partial charge is 0.459 e. The molecule has 2 rings (SSSR count). The van der Waals surface area contributed by atoms with Gasteiger partial charge in [0.05, 0.1) is 5.56 Å². The molecule has 0 spiro atoms. The van der Waals surface area contributed by atoms with Crippen LogP contribution in [0.1, 0.15) is 36.2 Å². The van der Waals surface area contributed by atoms with Gasteiger partial charge in [0.1, 0.15) is 18.0 Å². The summed E-state index contributed by atoms with van der Waals surface area (Å²) in [5.41, 5.74) is 1.57. The van der Waals surface area contributed by atoms with Crippen molar-refractivity contribution in [2.45, 2.75) is 39.4 Å². The van der Waals surface area contributed by atoms with E-state index in [1.54, 1.807) is 50.2 Å². The topological polar surface area (TPSA) is 61.8 Å². The molecular formula is C20H22O5. The van der Waals surface area contributed by atoms with Gasteiger partial charge in [0.2, 0.25) is 0 Å². The number of benzene rings is 2. The monoisotopic (exact) mass is 342 g/mol. The fraction of sp³-hybridized carbons (Fsp3) is 0.300. The van der Waals surface area contributed by atoms with Crippen LogP contribution in [0.3, 0.4) is 0 Å². The number of rotatable bonds is 6. The van der Waals surface area contributed by atoms with Gasteiger partial charge in [-0.2, -0.15) is 0 Å². The summed E-state index contributed by atoms with van der Waals surface area (Å²) in [6.07, 6.45) is -1.25. The molecule has 0 N–H and O–H groups in total. The van der Waals surface area contributed by atoms with E-state index in [9.17, 15) is 9.59 Å². The zero-order valence-corrected chi connectivity index (χ0v) is 14.6. The van der Waals surface area contributed by atoms with Crippen molar-refractivity contribution in [1.82, 2.24) is 0 Å². The lowest BCUT2D eigenvalue weighted by Gasteiger charge is -2.18. The standard InChI is InChI=1S/C20H22O5/c1-14-9-11-17(12-10-14)19(21)23-15(2)13-16(3)24-20(22)25-18-7-5-4-6-8-18/h4-12,15-16H,13H2,1-3H3. The van der Waals surface area contributed by atoms with Gasteiger partial charge in [-0.15, -0.1) is 0 Å². The number of carbonyl (C=O) groups excluding carboxylic acids is 2. The molecule has 0 aliphatic rings. The third-order valence-electron chi connectivity index (χ3n) is 3.50. The highest BCUT2D eigenvalue weighted by Crippen LogP contribution is 2.13. The Hall–Kier alpha value is -2.82. The van der Waals surface area contributed by atoms with E-state index in [0.717, 1.165) is 5.56 Å². The van der Waals surface area contributed by atoms with Crippen molar-refractivity contribution >= 4 is 12.1 Å². The fourth-order valence-electron chi connectivity index (χ4n) is 2.28. The molecule has 0 aromatic heterocycles. The van der Waals surface area contributed by atoms with E-state index >= 15 is 0 Å². The second kappa shape index (κ2) is 8.87. The predicted octanol–water partition coefficient (Wildman–Crippen LogP) is 4.53. The second-order valence-corrected chi connectivity index (χ2v) is 5.91. The van der Waals surface area contributed by atoms with Crippen LogP contribution in [0.2, 0.25) is 0 Å². The van der Waals surface area contributed by atoms with E-state index in [-0.39, 0.29) is 0 Å². The molecule has 2 aromatic rings. The molecule has 0 aliphatic heterocycles. The number of esters is 1. The van der Waals surface area contributed by atoms with Crippen LogP contribution in [-0.2, 0) is 9.47 Å². The molecule has 0 fully saturated rings. The lowest BCUT2D eigenvalue weighted by Crippen LogP contribution is -2.25. The molecule has 0 aliphatic carbocycles. The van der Waals surface area contributed by atoms with Gasteiger partial charge in [0.25, 0.3) is 0 Å². The van der Waals surface area contributed by atoms with Crippen LogP contribution in [0.4, 0.5) is 4.79 Å². The minimum atomic E-state index is -0.782. The van der Waals surface area contributed by atoms with E-state index < -0.39 is 24.3 Å². The first kappa shape index (κ1) is 18.5. The van der Waals surface area contributed by atoms with Crippen molar-refractivity contribution < 1.29 is 23.8 Å². The first-order valence-corrected chi connectivity index (χ1v) is 8.15. The number of carbonyl (C=O) groups is 2. The normalized spacial score (nSPS) is 12.8. The molecule has 0 saturated heterocycles. The summed E-state index contributed by atoms with van der Waals surface area (Å²) in [7, 11) is 0. The van der Waals surface area contributed by atoms with E-state index in [0.29, 0.717) is 17.7 Å². The van der Waals surface area contributed by atoms with Gasteiger partial charge in [0.15, 0.2) is 0 Å². The van der Waals surface area contributed by atoms with Gasteiger partial charge in [-0.25, -0.2) is 9.59 Å². The third kappa shape index (κ3) is 6.30. The maximum absolute atomic E-state index is 12.1. The average molecular weight is 342 g/mol. The quantitative estimate of drug-likeness (QED) is 0.570. The molecule has 25 heavy (non-hydrogen) atoms. The Morgan fingerprint density at radius 2 is 1.48 bits per heavy atom. The molecule has 0 bridgehead atoms. The number of para-hydroxylation sites is 1. The minimum Gasteiger partial charge on any atom is -0.459 e. The van der Waals surface area contributed by atoms with Crippen LogP contribution in [0.25, 0.3) is 0 Å². The number of aryl methyl sites for hydroxylation is 1. The van der Waals surface area contributed by atoms with Crippen molar-refractivity contribution in [1.29, 1.82) is 0 Å². The summed E-state index contributed by atoms with van der Waals surface area (Å²) < 4.78 is 15.6. The van der Waals surface area contributed by atoms with E-state index in [1.165, 1.54) is 0 Å². The lowest BCUT2D eigenvalue weighted by molar-refractivity contribution is 0.0124. The number of ether oxygens (including phenoxy) is 3. The Morgan fingerprint density at radius 3 is 2.12 bits per heavy atom. The molecule has 0 heterocycles. The summed E-state index contributed by atoms with van der Waals surface area (Å²) in [6.45, 7) is 5.43. The van der Waals surface area contributed by atoms with E-state index in [1.807, 2.05) is 25.1 Å². The van der Waals surface area contributed by atoms with Gasteiger partial charge in [-0.05, 0) is 45.0 Å². The Bertz CT molecular complexity index is 694. The average Bonchev–Trinajstić information content (AvgIpc) is 2.55. The second-order valence-electron chi connectivity index (χ2n) is 5.91. The highest BCUT2D eigenvalue weighted by atomic mass is 16.7. The molecular weight excluding hydrogens is 320 g/mol. The van der Waals surface area contributed by atoms with E-state index in [4.69, 9.17) is 14.2 Å². The first-order chi connectivity index (χ1) is 11.9. The third-order valence-corrected chi connectivity index (χ3v) is 3.50. The molecule has 2 unspecified atom stereocenters. The Labute approximate surface area is 147 Å². The van der Waals surface area contributed by atoms with Crippen LogP contribution in [0.15, 0.2) is 54.6 Å². The number of hydrogen-bond acceptors (Lipinski definition) is 5. The van der Waals surface area contributed by atoms with Crippen LogP contribution in [-0.4, -0.2) is 24.3 Å². The largest absolute Gasteiger partial charge is 0.514 e. The summed E-state index contributed by atoms with van der Waals surface area (Å²) in [5, 5.41) is 0. The summed E-state index contributed by atoms with van der Waals surface area (Å²) >= 11 is 0.